The van der Waals surface area contributed by atoms with E-state index in [4.69, 9.17) is 0 Å². The first-order valence-corrected chi connectivity index (χ1v) is 9.45. The molecular weight excluding hydrogens is 314 g/mol. The van der Waals surface area contributed by atoms with Crippen LogP contribution in [0.2, 0.25) is 0 Å². The highest BCUT2D eigenvalue weighted by Gasteiger charge is 2.24. The monoisotopic (exact) mass is 331 g/mol. The molecule has 1 unspecified atom stereocenters. The maximum absolute atomic E-state index is 12.5. The lowest BCUT2D eigenvalue weighted by Crippen LogP contribution is -2.29. The van der Waals surface area contributed by atoms with Gasteiger partial charge in [0.1, 0.15) is 5.01 Å². The number of hydrogen-bond acceptors (Lipinski definition) is 6. The van der Waals surface area contributed by atoms with Crippen molar-refractivity contribution in [1.29, 1.82) is 0 Å². The van der Waals surface area contributed by atoms with E-state index in [1.54, 1.807) is 24.7 Å². The molecular formula is C12H17N3O2S3. The van der Waals surface area contributed by atoms with Crippen molar-refractivity contribution >= 4 is 32.7 Å². The predicted molar refractivity (Wildman–Crippen MR) is 82.6 cm³/mol. The van der Waals surface area contributed by atoms with Crippen molar-refractivity contribution in [3.8, 4) is 0 Å². The fourth-order valence-corrected chi connectivity index (χ4v) is 5.41. The molecule has 0 aliphatic rings. The van der Waals surface area contributed by atoms with E-state index < -0.39 is 10.0 Å². The number of nitrogens with one attached hydrogen (secondary N) is 2. The third kappa shape index (κ3) is 3.44. The Labute approximate surface area is 127 Å². The van der Waals surface area contributed by atoms with Crippen molar-refractivity contribution in [3.63, 3.8) is 0 Å². The van der Waals surface area contributed by atoms with Gasteiger partial charge >= 0.3 is 0 Å². The van der Waals surface area contributed by atoms with Gasteiger partial charge in [0.25, 0.3) is 0 Å². The van der Waals surface area contributed by atoms with Crippen LogP contribution >= 0.6 is 22.7 Å². The van der Waals surface area contributed by atoms with Gasteiger partial charge in [0.15, 0.2) is 0 Å². The van der Waals surface area contributed by atoms with E-state index in [0.29, 0.717) is 17.9 Å². The average molecular weight is 331 g/mol. The lowest BCUT2D eigenvalue weighted by Gasteiger charge is -2.15. The summed E-state index contributed by atoms with van der Waals surface area (Å²) >= 11 is 2.90. The molecule has 0 saturated heterocycles. The first kappa shape index (κ1) is 15.6. The number of nitrogens with zero attached hydrogens (tertiary/aromatic N) is 1. The fourth-order valence-electron chi connectivity index (χ4n) is 1.82. The van der Waals surface area contributed by atoms with Gasteiger partial charge < -0.3 is 5.32 Å². The second kappa shape index (κ2) is 6.77. The second-order valence-corrected chi connectivity index (χ2v) is 7.80. The molecule has 2 rings (SSSR count). The van der Waals surface area contributed by atoms with Crippen LogP contribution in [0.25, 0.3) is 0 Å². The Morgan fingerprint density at radius 3 is 2.75 bits per heavy atom. The van der Waals surface area contributed by atoms with E-state index in [9.17, 15) is 8.42 Å². The molecule has 0 aromatic carbocycles. The summed E-state index contributed by atoms with van der Waals surface area (Å²) in [5.41, 5.74) is 0. The molecule has 0 amide bonds. The van der Waals surface area contributed by atoms with Crippen LogP contribution in [0.4, 0.5) is 0 Å². The van der Waals surface area contributed by atoms with E-state index in [0.717, 1.165) is 9.88 Å². The smallest absolute Gasteiger partial charge is 0.242 e. The molecule has 0 spiro atoms. The number of thiophene rings is 1. The van der Waals surface area contributed by atoms with Gasteiger partial charge in [-0.2, -0.15) is 0 Å². The highest BCUT2D eigenvalue weighted by Crippen LogP contribution is 2.26. The van der Waals surface area contributed by atoms with Gasteiger partial charge in [-0.05, 0) is 24.9 Å². The Balaban J connectivity index is 2.24. The third-order valence-corrected chi connectivity index (χ3v) is 6.28. The van der Waals surface area contributed by atoms with E-state index in [1.165, 1.54) is 22.7 Å². The van der Waals surface area contributed by atoms with Gasteiger partial charge in [-0.3, -0.25) is 0 Å². The van der Waals surface area contributed by atoms with Crippen LogP contribution in [0.3, 0.4) is 0 Å². The number of aromatic nitrogens is 1. The molecule has 0 saturated carbocycles. The van der Waals surface area contributed by atoms with E-state index in [2.05, 4.69) is 15.0 Å². The Bertz CT molecular complexity index is 635. The molecule has 5 nitrogen and oxygen atoms in total. The van der Waals surface area contributed by atoms with Crippen LogP contribution in [0.1, 0.15) is 29.3 Å². The number of sulfonamides is 1. The van der Waals surface area contributed by atoms with Crippen LogP contribution in [0.15, 0.2) is 27.9 Å². The molecule has 0 aliphatic heterocycles. The highest BCUT2D eigenvalue weighted by atomic mass is 32.2. The topological polar surface area (TPSA) is 71.1 Å². The van der Waals surface area contributed by atoms with Gasteiger partial charge in [-0.25, -0.2) is 18.1 Å². The largest absolute Gasteiger partial charge is 0.315 e. The second-order valence-electron chi connectivity index (χ2n) is 4.19. The summed E-state index contributed by atoms with van der Waals surface area (Å²) in [6.07, 6.45) is 2.35. The standard InChI is InChI=1S/C12H17N3O2S3/c1-3-9(12-14-5-7-19-12)15-20(16,17)11-4-6-18-10(11)8-13-2/h4-7,9,13,15H,3,8H2,1-2H3. The quantitative estimate of drug-likeness (QED) is 0.817. The molecule has 110 valence electrons. The average Bonchev–Trinajstić information content (AvgIpc) is 3.07. The van der Waals surface area contributed by atoms with Crippen LogP contribution in [-0.4, -0.2) is 20.4 Å². The van der Waals surface area contributed by atoms with Crippen molar-refractivity contribution in [2.24, 2.45) is 0 Å². The fraction of sp³-hybridized carbons (Fsp3) is 0.417. The molecule has 0 aliphatic carbocycles. The van der Waals surface area contributed by atoms with Crippen molar-refractivity contribution < 1.29 is 8.42 Å². The summed E-state index contributed by atoms with van der Waals surface area (Å²) in [6.45, 7) is 2.48. The summed E-state index contributed by atoms with van der Waals surface area (Å²) in [6, 6.07) is 1.37. The van der Waals surface area contributed by atoms with Crippen molar-refractivity contribution in [3.05, 3.63) is 32.9 Å². The molecule has 2 N–H and O–H groups in total. The Morgan fingerprint density at radius 2 is 2.15 bits per heavy atom. The molecule has 8 heteroatoms. The molecule has 2 aromatic heterocycles. The van der Waals surface area contributed by atoms with Crippen molar-refractivity contribution in [1.82, 2.24) is 15.0 Å². The van der Waals surface area contributed by atoms with Gasteiger partial charge in [-0.1, -0.05) is 6.92 Å². The molecule has 0 fully saturated rings. The van der Waals surface area contributed by atoms with Crippen molar-refractivity contribution in [2.45, 2.75) is 30.8 Å². The number of hydrogen-bond donors (Lipinski definition) is 2. The number of thiazole rings is 1. The van der Waals surface area contributed by atoms with Crippen LogP contribution < -0.4 is 10.0 Å². The van der Waals surface area contributed by atoms with Crippen LogP contribution in [0, 0.1) is 0 Å². The van der Waals surface area contributed by atoms with Gasteiger partial charge in [0.05, 0.1) is 10.9 Å². The lowest BCUT2D eigenvalue weighted by atomic mass is 10.3. The molecule has 0 bridgehead atoms. The minimum absolute atomic E-state index is 0.276. The summed E-state index contributed by atoms with van der Waals surface area (Å²) in [5, 5.41) is 7.43. The lowest BCUT2D eigenvalue weighted by molar-refractivity contribution is 0.548. The molecule has 1 atom stereocenters. The molecule has 20 heavy (non-hydrogen) atoms. The van der Waals surface area contributed by atoms with Crippen LogP contribution in [0.5, 0.6) is 0 Å². The molecule has 2 aromatic rings. The molecule has 2 heterocycles. The van der Waals surface area contributed by atoms with Crippen molar-refractivity contribution in [2.75, 3.05) is 7.05 Å². The van der Waals surface area contributed by atoms with Gasteiger partial charge in [0.2, 0.25) is 10.0 Å². The van der Waals surface area contributed by atoms with Gasteiger partial charge in [-0.15, -0.1) is 22.7 Å². The van der Waals surface area contributed by atoms with E-state index in [-0.39, 0.29) is 6.04 Å². The van der Waals surface area contributed by atoms with Gasteiger partial charge in [0, 0.05) is 23.0 Å². The highest BCUT2D eigenvalue weighted by molar-refractivity contribution is 7.89. The number of rotatable bonds is 7. The van der Waals surface area contributed by atoms with E-state index >= 15 is 0 Å². The minimum Gasteiger partial charge on any atom is -0.315 e. The Kier molecular flexibility index (Phi) is 5.28. The summed E-state index contributed by atoms with van der Waals surface area (Å²) < 4.78 is 27.7. The summed E-state index contributed by atoms with van der Waals surface area (Å²) in [7, 11) is -1.72. The zero-order valence-electron chi connectivity index (χ0n) is 11.3. The van der Waals surface area contributed by atoms with Crippen LogP contribution in [-0.2, 0) is 16.6 Å². The Hall–Kier alpha value is -0.800. The Morgan fingerprint density at radius 1 is 1.35 bits per heavy atom. The zero-order chi connectivity index (χ0) is 14.6. The third-order valence-electron chi connectivity index (χ3n) is 2.79. The summed E-state index contributed by atoms with van der Waals surface area (Å²) in [5.74, 6) is 0. The SMILES string of the molecule is CCC(NS(=O)(=O)c1ccsc1CNC)c1nccs1. The first-order valence-electron chi connectivity index (χ1n) is 6.21. The first-order chi connectivity index (χ1) is 9.58. The predicted octanol–water partition coefficient (Wildman–Crippen LogP) is 2.35. The molecule has 0 radical (unpaired) electrons. The maximum atomic E-state index is 12.5. The zero-order valence-corrected chi connectivity index (χ0v) is 13.7. The normalized spacial score (nSPS) is 13.5. The minimum atomic E-state index is -3.52. The maximum Gasteiger partial charge on any atom is 0.242 e. The summed E-state index contributed by atoms with van der Waals surface area (Å²) in [4.78, 5) is 5.36. The van der Waals surface area contributed by atoms with E-state index in [1.807, 2.05) is 12.3 Å².